The van der Waals surface area contributed by atoms with Gasteiger partial charge in [-0.3, -0.25) is 4.79 Å². The van der Waals surface area contributed by atoms with Crippen molar-refractivity contribution in [3.63, 3.8) is 0 Å². The number of hydrogen-bond acceptors (Lipinski definition) is 3. The number of ether oxygens (including phenoxy) is 2. The number of rotatable bonds is 4. The largest absolute Gasteiger partial charge is 0.496 e. The molecule has 1 rings (SSSR count). The van der Waals surface area contributed by atoms with E-state index in [1.807, 2.05) is 26.8 Å². The van der Waals surface area contributed by atoms with Crippen molar-refractivity contribution in [2.75, 3.05) is 14.2 Å². The molecule has 0 aliphatic rings. The highest BCUT2D eigenvalue weighted by Crippen LogP contribution is 2.30. The number of hydrogen-bond donors (Lipinski definition) is 0. The van der Waals surface area contributed by atoms with Gasteiger partial charge in [0.1, 0.15) is 5.75 Å². The highest BCUT2D eigenvalue weighted by molar-refractivity contribution is 5.76. The zero-order valence-electron chi connectivity index (χ0n) is 12.1. The van der Waals surface area contributed by atoms with Gasteiger partial charge in [-0.2, -0.15) is 0 Å². The zero-order chi connectivity index (χ0) is 13.9. The van der Waals surface area contributed by atoms with Gasteiger partial charge in [0, 0.05) is 0 Å². The van der Waals surface area contributed by atoms with Crippen LogP contribution in [0.15, 0.2) is 12.1 Å². The van der Waals surface area contributed by atoms with E-state index in [-0.39, 0.29) is 5.97 Å². The third-order valence-electron chi connectivity index (χ3n) is 3.27. The van der Waals surface area contributed by atoms with Crippen LogP contribution in [0.5, 0.6) is 5.75 Å². The highest BCUT2D eigenvalue weighted by atomic mass is 16.5. The first-order chi connectivity index (χ1) is 8.31. The maximum absolute atomic E-state index is 11.7. The molecule has 0 spiro atoms. The van der Waals surface area contributed by atoms with Crippen LogP contribution in [0.1, 0.15) is 30.5 Å². The second kappa shape index (κ2) is 5.42. The van der Waals surface area contributed by atoms with E-state index >= 15 is 0 Å². The molecule has 100 valence electrons. The molecule has 0 aromatic heterocycles. The molecule has 0 heterocycles. The van der Waals surface area contributed by atoms with Crippen LogP contribution in [0.25, 0.3) is 0 Å². The molecule has 1 aromatic rings. The summed E-state index contributed by atoms with van der Waals surface area (Å²) in [7, 11) is 3.07. The topological polar surface area (TPSA) is 35.5 Å². The Labute approximate surface area is 109 Å². The van der Waals surface area contributed by atoms with Gasteiger partial charge in [-0.05, 0) is 56.9 Å². The van der Waals surface area contributed by atoms with Crippen molar-refractivity contribution < 1.29 is 14.3 Å². The standard InChI is InChI=1S/C15H22O3/c1-10-7-12(13(17-5)8-11(10)2)9-15(3,4)14(16)18-6/h7-8H,9H2,1-6H3. The fourth-order valence-corrected chi connectivity index (χ4v) is 2.00. The minimum atomic E-state index is -0.552. The second-order valence-corrected chi connectivity index (χ2v) is 5.30. The molecule has 0 radical (unpaired) electrons. The summed E-state index contributed by atoms with van der Waals surface area (Å²) in [6.07, 6.45) is 0.601. The normalized spacial score (nSPS) is 11.2. The number of carbonyl (C=O) groups is 1. The molecule has 0 unspecified atom stereocenters. The van der Waals surface area contributed by atoms with Gasteiger partial charge < -0.3 is 9.47 Å². The molecule has 18 heavy (non-hydrogen) atoms. The number of carbonyl (C=O) groups excluding carboxylic acids is 1. The summed E-state index contributed by atoms with van der Waals surface area (Å²) in [5, 5.41) is 0. The number of benzene rings is 1. The van der Waals surface area contributed by atoms with E-state index in [1.54, 1.807) is 7.11 Å². The third kappa shape index (κ3) is 3.03. The van der Waals surface area contributed by atoms with Crippen molar-refractivity contribution in [2.45, 2.75) is 34.1 Å². The molecular weight excluding hydrogens is 228 g/mol. The second-order valence-electron chi connectivity index (χ2n) is 5.30. The van der Waals surface area contributed by atoms with E-state index in [9.17, 15) is 4.79 Å². The van der Waals surface area contributed by atoms with E-state index in [1.165, 1.54) is 18.2 Å². The fourth-order valence-electron chi connectivity index (χ4n) is 2.00. The molecule has 0 atom stereocenters. The summed E-state index contributed by atoms with van der Waals surface area (Å²) in [5.41, 5.74) is 2.87. The van der Waals surface area contributed by atoms with Crippen LogP contribution in [-0.2, 0) is 16.0 Å². The number of methoxy groups -OCH3 is 2. The lowest BCUT2D eigenvalue weighted by Crippen LogP contribution is -2.28. The maximum Gasteiger partial charge on any atom is 0.311 e. The van der Waals surface area contributed by atoms with Crippen molar-refractivity contribution in [1.29, 1.82) is 0 Å². The fraction of sp³-hybridized carbons (Fsp3) is 0.533. The number of esters is 1. The average molecular weight is 250 g/mol. The van der Waals surface area contributed by atoms with Gasteiger partial charge in [0.15, 0.2) is 0 Å². The van der Waals surface area contributed by atoms with Gasteiger partial charge >= 0.3 is 5.97 Å². The van der Waals surface area contributed by atoms with Crippen LogP contribution in [0.3, 0.4) is 0 Å². The van der Waals surface area contributed by atoms with Crippen LogP contribution in [0.2, 0.25) is 0 Å². The minimum Gasteiger partial charge on any atom is -0.496 e. The predicted molar refractivity (Wildman–Crippen MR) is 72.0 cm³/mol. The van der Waals surface area contributed by atoms with E-state index in [0.29, 0.717) is 6.42 Å². The predicted octanol–water partition coefficient (Wildman–Crippen LogP) is 3.05. The zero-order valence-corrected chi connectivity index (χ0v) is 12.1. The lowest BCUT2D eigenvalue weighted by atomic mass is 9.84. The van der Waals surface area contributed by atoms with E-state index in [4.69, 9.17) is 9.47 Å². The summed E-state index contributed by atoms with van der Waals surface area (Å²) < 4.78 is 10.2. The first-order valence-corrected chi connectivity index (χ1v) is 6.04. The van der Waals surface area contributed by atoms with Gasteiger partial charge in [-0.1, -0.05) is 6.07 Å². The van der Waals surface area contributed by atoms with E-state index < -0.39 is 5.41 Å². The molecule has 0 amide bonds. The van der Waals surface area contributed by atoms with Gasteiger partial charge in [0.2, 0.25) is 0 Å². The molecular formula is C15H22O3. The van der Waals surface area contributed by atoms with Crippen molar-refractivity contribution in [1.82, 2.24) is 0 Å². The first kappa shape index (κ1) is 14.6. The van der Waals surface area contributed by atoms with Gasteiger partial charge in [-0.25, -0.2) is 0 Å². The molecule has 3 nitrogen and oxygen atoms in total. The van der Waals surface area contributed by atoms with Crippen molar-refractivity contribution in [2.24, 2.45) is 5.41 Å². The Bertz CT molecular complexity index is 447. The van der Waals surface area contributed by atoms with Crippen LogP contribution >= 0.6 is 0 Å². The number of aryl methyl sites for hydroxylation is 2. The van der Waals surface area contributed by atoms with Gasteiger partial charge in [-0.15, -0.1) is 0 Å². The van der Waals surface area contributed by atoms with Crippen LogP contribution in [0, 0.1) is 19.3 Å². The molecule has 0 bridgehead atoms. The molecule has 0 N–H and O–H groups in total. The molecule has 3 heteroatoms. The minimum absolute atomic E-state index is 0.206. The Morgan fingerprint density at radius 2 is 1.72 bits per heavy atom. The molecule has 0 fully saturated rings. The summed E-state index contributed by atoms with van der Waals surface area (Å²) in [6.45, 7) is 7.87. The van der Waals surface area contributed by atoms with E-state index in [0.717, 1.165) is 11.3 Å². The summed E-state index contributed by atoms with van der Waals surface area (Å²) >= 11 is 0. The Kier molecular flexibility index (Phi) is 4.38. The maximum atomic E-state index is 11.7. The third-order valence-corrected chi connectivity index (χ3v) is 3.27. The molecule has 0 aliphatic carbocycles. The first-order valence-electron chi connectivity index (χ1n) is 6.04. The summed E-state index contributed by atoms with van der Waals surface area (Å²) in [5.74, 6) is 0.623. The van der Waals surface area contributed by atoms with Gasteiger partial charge in [0.25, 0.3) is 0 Å². The molecule has 0 saturated carbocycles. The SMILES string of the molecule is COC(=O)C(C)(C)Cc1cc(C)c(C)cc1OC. The lowest BCUT2D eigenvalue weighted by Gasteiger charge is -2.23. The van der Waals surface area contributed by atoms with Crippen LogP contribution in [-0.4, -0.2) is 20.2 Å². The smallest absolute Gasteiger partial charge is 0.311 e. The van der Waals surface area contributed by atoms with Crippen molar-refractivity contribution in [3.05, 3.63) is 28.8 Å². The highest BCUT2D eigenvalue weighted by Gasteiger charge is 2.30. The Hall–Kier alpha value is -1.51. The Balaban J connectivity index is 3.10. The summed E-state index contributed by atoms with van der Waals surface area (Å²) in [6, 6.07) is 4.09. The Morgan fingerprint density at radius 1 is 1.17 bits per heavy atom. The van der Waals surface area contributed by atoms with Gasteiger partial charge in [0.05, 0.1) is 19.6 Å². The summed E-state index contributed by atoms with van der Waals surface area (Å²) in [4.78, 5) is 11.7. The van der Waals surface area contributed by atoms with Crippen LogP contribution < -0.4 is 4.74 Å². The average Bonchev–Trinajstić information content (AvgIpc) is 2.31. The van der Waals surface area contributed by atoms with Crippen molar-refractivity contribution >= 4 is 5.97 Å². The van der Waals surface area contributed by atoms with E-state index in [2.05, 4.69) is 13.0 Å². The quantitative estimate of drug-likeness (QED) is 0.770. The lowest BCUT2D eigenvalue weighted by molar-refractivity contribution is -0.150. The molecule has 0 aliphatic heterocycles. The van der Waals surface area contributed by atoms with Crippen molar-refractivity contribution in [3.8, 4) is 5.75 Å². The molecule has 0 saturated heterocycles. The Morgan fingerprint density at radius 3 is 2.22 bits per heavy atom. The monoisotopic (exact) mass is 250 g/mol. The molecule has 1 aromatic carbocycles. The van der Waals surface area contributed by atoms with Crippen LogP contribution in [0.4, 0.5) is 0 Å².